The highest BCUT2D eigenvalue weighted by atomic mass is 35.5. The summed E-state index contributed by atoms with van der Waals surface area (Å²) in [5.74, 6) is 2.43. The molecule has 0 spiro atoms. The highest BCUT2D eigenvalue weighted by Gasteiger charge is 2.28. The largest absolute Gasteiger partial charge is 0.457 e. The molecule has 4 rings (SSSR count). The van der Waals surface area contributed by atoms with Gasteiger partial charge < -0.3 is 19.9 Å². The van der Waals surface area contributed by atoms with Crippen molar-refractivity contribution in [3.63, 3.8) is 0 Å². The molecule has 0 saturated carbocycles. The number of para-hydroxylation sites is 1. The first kappa shape index (κ1) is 21.8. The fourth-order valence-corrected chi connectivity index (χ4v) is 3.50. The Kier molecular flexibility index (Phi) is 7.46. The van der Waals surface area contributed by atoms with E-state index in [9.17, 15) is 4.79 Å². The minimum Gasteiger partial charge on any atom is -0.457 e. The van der Waals surface area contributed by atoms with Gasteiger partial charge in [-0.05, 0) is 36.4 Å². The van der Waals surface area contributed by atoms with Gasteiger partial charge in [0.1, 0.15) is 17.3 Å². The standard InChI is InChI=1S/C22H25N5O2.ClH/c1-26-13-12-24-22(26)20-15-23-11-14-27(20)16-21(28)25-17-7-9-19(10-8-17)29-18-5-3-2-4-6-18;/h2-10,12-13,20,23H,11,14-16H2,1H3,(H,25,28);1H. The van der Waals surface area contributed by atoms with Gasteiger partial charge in [0.05, 0.1) is 12.6 Å². The number of hydrogen-bond donors (Lipinski definition) is 2. The Morgan fingerprint density at radius 3 is 2.60 bits per heavy atom. The molecule has 0 bridgehead atoms. The zero-order valence-corrected chi connectivity index (χ0v) is 17.6. The molecule has 1 amide bonds. The normalized spacial score (nSPS) is 16.5. The Morgan fingerprint density at radius 2 is 1.90 bits per heavy atom. The molecule has 0 radical (unpaired) electrons. The van der Waals surface area contributed by atoms with Gasteiger partial charge in [0.25, 0.3) is 0 Å². The van der Waals surface area contributed by atoms with Gasteiger partial charge in [0.2, 0.25) is 5.91 Å². The first-order chi connectivity index (χ1) is 14.2. The zero-order valence-electron chi connectivity index (χ0n) is 16.8. The summed E-state index contributed by atoms with van der Waals surface area (Å²) in [6, 6.07) is 17.1. The fourth-order valence-electron chi connectivity index (χ4n) is 3.50. The Balaban J connectivity index is 0.00000256. The Hall–Kier alpha value is -2.87. The van der Waals surface area contributed by atoms with E-state index >= 15 is 0 Å². The van der Waals surface area contributed by atoms with Gasteiger partial charge in [-0.25, -0.2) is 4.98 Å². The summed E-state index contributed by atoms with van der Waals surface area (Å²) < 4.78 is 7.80. The molecule has 2 aromatic carbocycles. The van der Waals surface area contributed by atoms with E-state index in [4.69, 9.17) is 4.74 Å². The molecule has 7 nitrogen and oxygen atoms in total. The van der Waals surface area contributed by atoms with Crippen LogP contribution in [-0.4, -0.2) is 46.5 Å². The van der Waals surface area contributed by atoms with Gasteiger partial charge in [-0.1, -0.05) is 18.2 Å². The third-order valence-corrected chi connectivity index (χ3v) is 4.97. The lowest BCUT2D eigenvalue weighted by molar-refractivity contribution is -0.118. The smallest absolute Gasteiger partial charge is 0.238 e. The molecule has 1 unspecified atom stereocenters. The van der Waals surface area contributed by atoms with Crippen molar-refractivity contribution in [2.75, 3.05) is 31.5 Å². The van der Waals surface area contributed by atoms with Crippen molar-refractivity contribution in [2.24, 2.45) is 7.05 Å². The van der Waals surface area contributed by atoms with E-state index in [2.05, 4.69) is 20.5 Å². The molecule has 1 saturated heterocycles. The second-order valence-electron chi connectivity index (χ2n) is 7.07. The molecule has 3 aromatic rings. The quantitative estimate of drug-likeness (QED) is 0.632. The lowest BCUT2D eigenvalue weighted by Gasteiger charge is -2.35. The van der Waals surface area contributed by atoms with Gasteiger partial charge >= 0.3 is 0 Å². The average Bonchev–Trinajstić information content (AvgIpc) is 3.16. The molecule has 2 heterocycles. The molecule has 158 valence electrons. The van der Waals surface area contributed by atoms with Crippen molar-refractivity contribution < 1.29 is 9.53 Å². The number of carbonyl (C=O) groups excluding carboxylic acids is 1. The average molecular weight is 428 g/mol. The molecule has 1 fully saturated rings. The number of ether oxygens (including phenoxy) is 1. The Bertz CT molecular complexity index is 946. The van der Waals surface area contributed by atoms with Gasteiger partial charge in [-0.2, -0.15) is 0 Å². The van der Waals surface area contributed by atoms with E-state index in [0.29, 0.717) is 6.54 Å². The molecule has 1 aromatic heterocycles. The van der Waals surface area contributed by atoms with Crippen LogP contribution in [0.4, 0.5) is 5.69 Å². The van der Waals surface area contributed by atoms with Crippen LogP contribution in [0, 0.1) is 0 Å². The van der Waals surface area contributed by atoms with Crippen molar-refractivity contribution >= 4 is 24.0 Å². The SMILES string of the molecule is Cl.Cn1ccnc1C1CNCCN1CC(=O)Nc1ccc(Oc2ccccc2)cc1. The fraction of sp³-hybridized carbons (Fsp3) is 0.273. The van der Waals surface area contributed by atoms with Gasteiger partial charge in [0, 0.05) is 44.8 Å². The van der Waals surface area contributed by atoms with Crippen LogP contribution in [0.2, 0.25) is 0 Å². The van der Waals surface area contributed by atoms with E-state index in [1.54, 1.807) is 6.20 Å². The number of aryl methyl sites for hydroxylation is 1. The number of nitrogens with one attached hydrogen (secondary N) is 2. The summed E-state index contributed by atoms with van der Waals surface area (Å²) in [7, 11) is 1.98. The van der Waals surface area contributed by atoms with Crippen LogP contribution in [0.3, 0.4) is 0 Å². The van der Waals surface area contributed by atoms with Crippen LogP contribution in [0.1, 0.15) is 11.9 Å². The molecule has 1 aliphatic heterocycles. The topological polar surface area (TPSA) is 71.4 Å². The molecule has 2 N–H and O–H groups in total. The summed E-state index contributed by atoms with van der Waals surface area (Å²) >= 11 is 0. The van der Waals surface area contributed by atoms with Crippen molar-refractivity contribution in [3.05, 3.63) is 72.8 Å². The second kappa shape index (κ2) is 10.2. The van der Waals surface area contributed by atoms with Crippen molar-refractivity contribution in [1.29, 1.82) is 0 Å². The Labute approximate surface area is 182 Å². The highest BCUT2D eigenvalue weighted by molar-refractivity contribution is 5.92. The lowest BCUT2D eigenvalue weighted by Crippen LogP contribution is -2.49. The minimum atomic E-state index is -0.0390. The second-order valence-corrected chi connectivity index (χ2v) is 7.07. The van der Waals surface area contributed by atoms with Gasteiger partial charge in [-0.15, -0.1) is 12.4 Å². The number of halogens is 1. The van der Waals surface area contributed by atoms with E-state index in [1.165, 1.54) is 0 Å². The monoisotopic (exact) mass is 427 g/mol. The van der Waals surface area contributed by atoms with Crippen LogP contribution in [0.15, 0.2) is 67.0 Å². The van der Waals surface area contributed by atoms with Crippen LogP contribution < -0.4 is 15.4 Å². The summed E-state index contributed by atoms with van der Waals surface area (Å²) in [6.07, 6.45) is 3.72. The molecular formula is C22H26ClN5O2. The van der Waals surface area contributed by atoms with E-state index < -0.39 is 0 Å². The van der Waals surface area contributed by atoms with Crippen LogP contribution >= 0.6 is 12.4 Å². The summed E-state index contributed by atoms with van der Waals surface area (Å²) in [6.45, 7) is 2.76. The maximum absolute atomic E-state index is 12.6. The summed E-state index contributed by atoms with van der Waals surface area (Å²) in [4.78, 5) is 19.3. The summed E-state index contributed by atoms with van der Waals surface area (Å²) in [5.41, 5.74) is 0.749. The summed E-state index contributed by atoms with van der Waals surface area (Å²) in [5, 5.41) is 6.37. The first-order valence-electron chi connectivity index (χ1n) is 9.74. The van der Waals surface area contributed by atoms with E-state index in [0.717, 1.165) is 42.6 Å². The third kappa shape index (κ3) is 5.38. The molecule has 8 heteroatoms. The predicted molar refractivity (Wildman–Crippen MR) is 119 cm³/mol. The van der Waals surface area contributed by atoms with Crippen LogP contribution in [0.5, 0.6) is 11.5 Å². The lowest BCUT2D eigenvalue weighted by atomic mass is 10.1. The third-order valence-electron chi connectivity index (χ3n) is 4.97. The van der Waals surface area contributed by atoms with Crippen molar-refractivity contribution in [1.82, 2.24) is 19.8 Å². The number of benzene rings is 2. The van der Waals surface area contributed by atoms with Crippen molar-refractivity contribution in [2.45, 2.75) is 6.04 Å². The number of aromatic nitrogens is 2. The predicted octanol–water partition coefficient (Wildman–Crippen LogP) is 3.22. The van der Waals surface area contributed by atoms with Crippen molar-refractivity contribution in [3.8, 4) is 11.5 Å². The highest BCUT2D eigenvalue weighted by Crippen LogP contribution is 2.23. The van der Waals surface area contributed by atoms with E-state index in [1.807, 2.05) is 72.4 Å². The zero-order chi connectivity index (χ0) is 20.1. The number of anilines is 1. The van der Waals surface area contributed by atoms with Gasteiger partial charge in [0.15, 0.2) is 0 Å². The molecular weight excluding hydrogens is 402 g/mol. The molecule has 1 aliphatic rings. The van der Waals surface area contributed by atoms with Gasteiger partial charge in [-0.3, -0.25) is 9.69 Å². The maximum atomic E-state index is 12.6. The molecule has 0 aliphatic carbocycles. The Morgan fingerprint density at radius 1 is 1.17 bits per heavy atom. The van der Waals surface area contributed by atoms with Crippen LogP contribution in [0.25, 0.3) is 0 Å². The number of hydrogen-bond acceptors (Lipinski definition) is 5. The molecule has 1 atom stereocenters. The number of amides is 1. The number of nitrogens with zero attached hydrogens (tertiary/aromatic N) is 3. The van der Waals surface area contributed by atoms with Crippen LogP contribution in [-0.2, 0) is 11.8 Å². The minimum absolute atomic E-state index is 0. The number of imidazole rings is 1. The van der Waals surface area contributed by atoms with E-state index in [-0.39, 0.29) is 24.4 Å². The number of piperazine rings is 1. The number of rotatable bonds is 6. The molecule has 30 heavy (non-hydrogen) atoms. The number of carbonyl (C=O) groups is 1. The first-order valence-corrected chi connectivity index (χ1v) is 9.74. The maximum Gasteiger partial charge on any atom is 0.238 e.